The number of fused-ring (bicyclic) bond motifs is 4. The van der Waals surface area contributed by atoms with Gasteiger partial charge in [0.1, 0.15) is 36.6 Å². The van der Waals surface area contributed by atoms with Crippen LogP contribution in [-0.2, 0) is 43.9 Å². The average molecular weight is 706 g/mol. The monoisotopic (exact) mass is 706 g/mol. The van der Waals surface area contributed by atoms with Crippen molar-refractivity contribution < 1.29 is 52.1 Å². The number of phosphoric ester groups is 1. The van der Waals surface area contributed by atoms with Gasteiger partial charge < -0.3 is 45.5 Å². The number of aliphatic hydroxyl groups excluding tert-OH is 2. The van der Waals surface area contributed by atoms with Gasteiger partial charge in [0.25, 0.3) is 11.1 Å². The van der Waals surface area contributed by atoms with E-state index in [1.165, 1.54) is 4.57 Å². The van der Waals surface area contributed by atoms with Crippen LogP contribution < -0.4 is 22.6 Å². The number of nitrogen functional groups attached to an aromatic ring is 2. The molecule has 23 nitrogen and oxygen atoms in total. The summed E-state index contributed by atoms with van der Waals surface area (Å²) in [5.41, 5.74) is 9.56. The number of aliphatic hydroxyl groups is 2. The second-order valence-electron chi connectivity index (χ2n) is 10.3. The van der Waals surface area contributed by atoms with Crippen LogP contribution in [0, 0.1) is 0 Å². The molecular weight excluding hydrogens is 682 g/mol. The Kier molecular flexibility index (Phi) is 7.64. The van der Waals surface area contributed by atoms with E-state index in [1.54, 1.807) is 0 Å². The van der Waals surface area contributed by atoms with E-state index in [0.717, 1.165) is 17.2 Å². The van der Waals surface area contributed by atoms with E-state index >= 15 is 0 Å². The van der Waals surface area contributed by atoms with Crippen LogP contribution in [0.15, 0.2) is 22.2 Å². The summed E-state index contributed by atoms with van der Waals surface area (Å²) in [5.74, 6) is -0.500. The van der Waals surface area contributed by atoms with Crippen LogP contribution in [0.4, 0.5) is 11.9 Å². The number of phosphoric acid groups is 1. The molecule has 2 unspecified atom stereocenters. The van der Waals surface area contributed by atoms with Gasteiger partial charge in [-0.2, -0.15) is 9.97 Å². The predicted molar refractivity (Wildman–Crippen MR) is 153 cm³/mol. The fourth-order valence-electron chi connectivity index (χ4n) is 5.39. The molecule has 3 fully saturated rings. The van der Waals surface area contributed by atoms with Crippen molar-refractivity contribution >= 4 is 60.6 Å². The van der Waals surface area contributed by atoms with Crippen LogP contribution in [0.2, 0.25) is 0 Å². The van der Waals surface area contributed by atoms with Crippen molar-refractivity contribution in [1.29, 1.82) is 0 Å². The zero-order chi connectivity index (χ0) is 32.7. The fourth-order valence-corrected chi connectivity index (χ4v) is 7.80. The maximum atomic E-state index is 13.1. The van der Waals surface area contributed by atoms with Crippen LogP contribution in [0.5, 0.6) is 0 Å². The molecule has 0 spiro atoms. The molecule has 248 valence electrons. The van der Waals surface area contributed by atoms with Gasteiger partial charge in [0.15, 0.2) is 34.8 Å². The lowest BCUT2D eigenvalue weighted by Gasteiger charge is -2.29. The number of aromatic nitrogens is 8. The Labute approximate surface area is 258 Å². The standard InChI is InChI=1S/C20H24N10O13P2S/c21-19-25-13-7(15(33)27-19)23-3-29(13)17-9(31)11-6(41-17)2-39-45(37,46)43-12-5(1-38-44(35,36)42-11)40-18(10(12)32)30-4-24-8-14(30)26-20(22)28-16(8)34/h3-6,9-12,17-18,31-32H,1-2H2,(H,35,36)(H,37,46)(H3,21,25,27,33)(H3,22,26,28,34)/t5-,6-,9-,10-,11-,12-,17-,18-,45?/m1/s1. The molecule has 10 atom stereocenters. The smallest absolute Gasteiger partial charge is 0.386 e. The van der Waals surface area contributed by atoms with Gasteiger partial charge in [0, 0.05) is 0 Å². The van der Waals surface area contributed by atoms with Crippen LogP contribution >= 0.6 is 14.5 Å². The van der Waals surface area contributed by atoms with Crippen molar-refractivity contribution in [3.8, 4) is 0 Å². The van der Waals surface area contributed by atoms with Gasteiger partial charge in [-0.1, -0.05) is 0 Å². The Balaban J connectivity index is 1.18. The molecule has 0 aliphatic carbocycles. The molecule has 4 aromatic rings. The number of nitrogens with one attached hydrogen (secondary N) is 2. The summed E-state index contributed by atoms with van der Waals surface area (Å²) in [7, 11) is -5.05. The summed E-state index contributed by atoms with van der Waals surface area (Å²) in [5, 5.41) is 22.4. The molecular formula is C20H24N10O13P2S. The first-order chi connectivity index (χ1) is 21.7. The van der Waals surface area contributed by atoms with Crippen LogP contribution in [-0.4, -0.2) is 109 Å². The quantitative estimate of drug-likeness (QED) is 0.0967. The molecule has 0 aromatic carbocycles. The zero-order valence-electron chi connectivity index (χ0n) is 22.8. The van der Waals surface area contributed by atoms with Crippen LogP contribution in [0.1, 0.15) is 12.5 Å². The highest BCUT2D eigenvalue weighted by Gasteiger charge is 2.53. The van der Waals surface area contributed by atoms with E-state index in [1.807, 2.05) is 0 Å². The van der Waals surface area contributed by atoms with Gasteiger partial charge >= 0.3 is 14.5 Å². The first kappa shape index (κ1) is 31.4. The topological polar surface area (TPSA) is 333 Å². The number of hydrogen-bond acceptors (Lipinski definition) is 18. The second kappa shape index (κ2) is 11.2. The predicted octanol–water partition coefficient (Wildman–Crippen LogP) is -2.93. The Hall–Kier alpha value is -3.22. The zero-order valence-corrected chi connectivity index (χ0v) is 25.4. The number of hydrogen-bond donors (Lipinski definition) is 8. The highest BCUT2D eigenvalue weighted by atomic mass is 32.5. The average Bonchev–Trinajstić information content (AvgIpc) is 3.72. The number of imidazole rings is 2. The molecule has 10 N–H and O–H groups in total. The maximum absolute atomic E-state index is 13.1. The summed E-state index contributed by atoms with van der Waals surface area (Å²) in [4.78, 5) is 66.6. The first-order valence-electron chi connectivity index (χ1n) is 13.1. The number of anilines is 2. The van der Waals surface area contributed by atoms with Gasteiger partial charge in [-0.3, -0.25) is 42.3 Å². The number of nitrogens with two attached hydrogens (primary N) is 2. The Morgan fingerprint density at radius 1 is 0.826 bits per heavy atom. The minimum atomic E-state index is -5.05. The number of aromatic amines is 2. The molecule has 0 saturated carbocycles. The van der Waals surface area contributed by atoms with Crippen LogP contribution in [0.25, 0.3) is 22.3 Å². The van der Waals surface area contributed by atoms with E-state index < -0.39 is 88.0 Å². The normalized spacial score (nSPS) is 37.1. The van der Waals surface area contributed by atoms with Gasteiger partial charge in [-0.15, -0.1) is 0 Å². The van der Waals surface area contributed by atoms with E-state index in [4.69, 9.17) is 50.8 Å². The Morgan fingerprint density at radius 3 is 1.78 bits per heavy atom. The molecule has 7 heterocycles. The second-order valence-corrected chi connectivity index (χ2v) is 14.5. The first-order valence-corrected chi connectivity index (χ1v) is 17.2. The SMILES string of the molecule is Nc1nc2c(ncn2[C@@H]2O[C@@H]3COP(O)(=S)O[C@H]4[C@@H](O)[C@H](n5cnc6c(=O)[nH]c(N)nc65)O[C@@H]4COP(=O)(O)O[C@H]3[C@H]2O)c(=O)[nH]1. The molecule has 0 bridgehead atoms. The molecule has 3 aliphatic rings. The third-order valence-electron chi connectivity index (χ3n) is 7.38. The lowest BCUT2D eigenvalue weighted by Crippen LogP contribution is -2.39. The summed E-state index contributed by atoms with van der Waals surface area (Å²) in [6, 6.07) is 0. The molecule has 3 aliphatic heterocycles. The minimum Gasteiger partial charge on any atom is -0.386 e. The largest absolute Gasteiger partial charge is 0.472 e. The molecule has 3 saturated heterocycles. The third kappa shape index (κ3) is 5.45. The summed E-state index contributed by atoms with van der Waals surface area (Å²) < 4.78 is 48.7. The number of rotatable bonds is 2. The third-order valence-corrected chi connectivity index (χ3v) is 9.93. The lowest BCUT2D eigenvalue weighted by molar-refractivity contribution is -0.0629. The molecule has 0 radical (unpaired) electrons. The van der Waals surface area contributed by atoms with E-state index in [0.29, 0.717) is 0 Å². The number of H-pyrrole nitrogens is 2. The van der Waals surface area contributed by atoms with Gasteiger partial charge in [-0.25, -0.2) is 14.5 Å². The molecule has 4 aromatic heterocycles. The van der Waals surface area contributed by atoms with Crippen molar-refractivity contribution in [2.45, 2.75) is 49.1 Å². The number of ether oxygens (including phenoxy) is 2. The summed E-state index contributed by atoms with van der Waals surface area (Å²) in [6.45, 7) is -5.71. The van der Waals surface area contributed by atoms with Crippen molar-refractivity contribution in [2.75, 3.05) is 24.7 Å². The maximum Gasteiger partial charge on any atom is 0.472 e. The fraction of sp³-hybridized carbons (Fsp3) is 0.500. The molecule has 0 amide bonds. The Morgan fingerprint density at radius 2 is 1.28 bits per heavy atom. The number of nitrogens with zero attached hydrogens (tertiary/aromatic N) is 6. The highest BCUT2D eigenvalue weighted by Crippen LogP contribution is 2.53. The van der Waals surface area contributed by atoms with Crippen molar-refractivity contribution in [3.63, 3.8) is 0 Å². The van der Waals surface area contributed by atoms with Gasteiger partial charge in [0.2, 0.25) is 11.9 Å². The van der Waals surface area contributed by atoms with Crippen LogP contribution in [0.3, 0.4) is 0 Å². The molecule has 26 heteroatoms. The summed E-state index contributed by atoms with van der Waals surface area (Å²) >= 11 is 5.17. The lowest BCUT2D eigenvalue weighted by atomic mass is 10.1. The van der Waals surface area contributed by atoms with Gasteiger partial charge in [0.05, 0.1) is 25.9 Å². The van der Waals surface area contributed by atoms with Crippen molar-refractivity contribution in [2.24, 2.45) is 0 Å². The minimum absolute atomic E-state index is 0.0685. The Bertz CT molecular complexity index is 1910. The van der Waals surface area contributed by atoms with Crippen molar-refractivity contribution in [1.82, 2.24) is 39.0 Å². The molecule has 7 rings (SSSR count). The molecule has 46 heavy (non-hydrogen) atoms. The van der Waals surface area contributed by atoms with E-state index in [2.05, 4.69) is 29.9 Å². The van der Waals surface area contributed by atoms with E-state index in [-0.39, 0.29) is 34.2 Å². The van der Waals surface area contributed by atoms with Gasteiger partial charge in [-0.05, 0) is 11.8 Å². The highest BCUT2D eigenvalue weighted by molar-refractivity contribution is 8.07. The van der Waals surface area contributed by atoms with Crippen molar-refractivity contribution in [3.05, 3.63) is 33.4 Å². The van der Waals surface area contributed by atoms with E-state index in [9.17, 15) is 34.2 Å². The summed E-state index contributed by atoms with van der Waals surface area (Å²) in [6.07, 6.45) is -9.86.